The maximum absolute atomic E-state index is 6.20. The fourth-order valence-electron chi connectivity index (χ4n) is 1.48. The van der Waals surface area contributed by atoms with Crippen LogP contribution in [0.4, 0.5) is 0 Å². The van der Waals surface area contributed by atoms with Crippen molar-refractivity contribution in [3.63, 3.8) is 0 Å². The first-order chi connectivity index (χ1) is 6.74. The molecular weight excluding hydrogens is 267 g/mol. The van der Waals surface area contributed by atoms with Crippen LogP contribution < -0.4 is 9.47 Å². The van der Waals surface area contributed by atoms with E-state index in [1.54, 1.807) is 0 Å². The smallest absolute Gasteiger partial charge is 0.180 e. The standard InChI is InChI=1S/C10H10BrClO2/c1-2-6-7(11)5-8-10(9(6)12)14-4-3-13-8/h5H,2-4H2,1H3. The molecule has 14 heavy (non-hydrogen) atoms. The van der Waals surface area contributed by atoms with Crippen LogP contribution in [-0.2, 0) is 6.42 Å². The SMILES string of the molecule is CCc1c(Br)cc2c(c1Cl)OCCO2. The monoisotopic (exact) mass is 276 g/mol. The normalized spacial score (nSPS) is 14.2. The van der Waals surface area contributed by atoms with Crippen LogP contribution in [0.2, 0.25) is 5.02 Å². The Morgan fingerprint density at radius 3 is 2.86 bits per heavy atom. The Kier molecular flexibility index (Phi) is 2.88. The van der Waals surface area contributed by atoms with Gasteiger partial charge in [0, 0.05) is 4.47 Å². The number of hydrogen-bond donors (Lipinski definition) is 0. The summed E-state index contributed by atoms with van der Waals surface area (Å²) in [6.07, 6.45) is 0.871. The molecule has 0 amide bonds. The van der Waals surface area contributed by atoms with E-state index in [4.69, 9.17) is 21.1 Å². The Bertz CT molecular complexity index is 366. The number of ether oxygens (including phenoxy) is 2. The van der Waals surface area contributed by atoms with E-state index >= 15 is 0 Å². The van der Waals surface area contributed by atoms with Crippen LogP contribution in [0.3, 0.4) is 0 Å². The van der Waals surface area contributed by atoms with Gasteiger partial charge in [0.25, 0.3) is 0 Å². The molecule has 0 radical (unpaired) electrons. The zero-order valence-electron chi connectivity index (χ0n) is 7.77. The van der Waals surface area contributed by atoms with E-state index in [-0.39, 0.29) is 0 Å². The van der Waals surface area contributed by atoms with Crippen LogP contribution in [0.15, 0.2) is 10.5 Å². The summed E-state index contributed by atoms with van der Waals surface area (Å²) in [5, 5.41) is 0.663. The van der Waals surface area contributed by atoms with E-state index in [0.717, 1.165) is 22.2 Å². The van der Waals surface area contributed by atoms with Gasteiger partial charge < -0.3 is 9.47 Å². The Morgan fingerprint density at radius 2 is 2.14 bits per heavy atom. The summed E-state index contributed by atoms with van der Waals surface area (Å²) in [6.45, 7) is 3.21. The second kappa shape index (κ2) is 3.99. The second-order valence-corrected chi connectivity index (χ2v) is 4.26. The summed E-state index contributed by atoms with van der Waals surface area (Å²) in [5.74, 6) is 1.41. The summed E-state index contributed by atoms with van der Waals surface area (Å²) in [5.41, 5.74) is 1.07. The van der Waals surface area contributed by atoms with Gasteiger partial charge in [0.05, 0.1) is 5.02 Å². The molecule has 1 aliphatic heterocycles. The number of rotatable bonds is 1. The third-order valence-corrected chi connectivity index (χ3v) is 3.28. The minimum absolute atomic E-state index is 0.567. The van der Waals surface area contributed by atoms with Gasteiger partial charge >= 0.3 is 0 Å². The molecule has 1 aromatic rings. The number of fused-ring (bicyclic) bond motifs is 1. The molecule has 1 heterocycles. The highest BCUT2D eigenvalue weighted by molar-refractivity contribution is 9.10. The van der Waals surface area contributed by atoms with Gasteiger partial charge in [-0.05, 0) is 18.1 Å². The van der Waals surface area contributed by atoms with Crippen LogP contribution in [0, 0.1) is 0 Å². The zero-order valence-corrected chi connectivity index (χ0v) is 10.1. The van der Waals surface area contributed by atoms with Crippen molar-refractivity contribution in [2.75, 3.05) is 13.2 Å². The van der Waals surface area contributed by atoms with Gasteiger partial charge in [-0.3, -0.25) is 0 Å². The van der Waals surface area contributed by atoms with Gasteiger partial charge in [-0.15, -0.1) is 0 Å². The van der Waals surface area contributed by atoms with Gasteiger partial charge in [-0.2, -0.15) is 0 Å². The lowest BCUT2D eigenvalue weighted by Gasteiger charge is -2.21. The van der Waals surface area contributed by atoms with Crippen LogP contribution in [0.5, 0.6) is 11.5 Å². The van der Waals surface area contributed by atoms with Crippen LogP contribution in [-0.4, -0.2) is 13.2 Å². The summed E-state index contributed by atoms with van der Waals surface area (Å²) < 4.78 is 11.9. The molecule has 2 nitrogen and oxygen atoms in total. The number of halogens is 2. The predicted molar refractivity (Wildman–Crippen MR) is 59.5 cm³/mol. The maximum Gasteiger partial charge on any atom is 0.180 e. The van der Waals surface area contributed by atoms with E-state index < -0.39 is 0 Å². The fourth-order valence-corrected chi connectivity index (χ4v) is 2.66. The Hall–Kier alpha value is -0.410. The molecule has 1 aliphatic rings. The average molecular weight is 278 g/mol. The van der Waals surface area contributed by atoms with Crippen molar-refractivity contribution in [1.82, 2.24) is 0 Å². The summed E-state index contributed by atoms with van der Waals surface area (Å²) in [7, 11) is 0. The minimum atomic E-state index is 0.567. The van der Waals surface area contributed by atoms with Crippen molar-refractivity contribution in [1.29, 1.82) is 0 Å². The van der Waals surface area contributed by atoms with Crippen molar-refractivity contribution < 1.29 is 9.47 Å². The lowest BCUT2D eigenvalue weighted by Crippen LogP contribution is -2.16. The molecule has 0 spiro atoms. The van der Waals surface area contributed by atoms with E-state index in [0.29, 0.717) is 24.0 Å². The molecule has 0 fully saturated rings. The van der Waals surface area contributed by atoms with Gasteiger partial charge in [-0.25, -0.2) is 0 Å². The van der Waals surface area contributed by atoms with Gasteiger partial charge in [-0.1, -0.05) is 34.5 Å². The first-order valence-electron chi connectivity index (χ1n) is 4.50. The maximum atomic E-state index is 6.20. The van der Waals surface area contributed by atoms with E-state index in [1.807, 2.05) is 6.07 Å². The van der Waals surface area contributed by atoms with Gasteiger partial charge in [0.15, 0.2) is 11.5 Å². The third kappa shape index (κ3) is 1.59. The molecule has 0 aliphatic carbocycles. The largest absolute Gasteiger partial charge is 0.486 e. The molecule has 0 saturated carbocycles. The van der Waals surface area contributed by atoms with Crippen molar-refractivity contribution in [2.24, 2.45) is 0 Å². The molecule has 0 atom stereocenters. The van der Waals surface area contributed by atoms with Crippen molar-refractivity contribution in [3.8, 4) is 11.5 Å². The lowest BCUT2D eigenvalue weighted by atomic mass is 10.1. The molecular formula is C10H10BrClO2. The zero-order chi connectivity index (χ0) is 10.1. The van der Waals surface area contributed by atoms with E-state index in [1.165, 1.54) is 0 Å². The molecule has 0 N–H and O–H groups in total. The molecule has 76 valence electrons. The van der Waals surface area contributed by atoms with Crippen molar-refractivity contribution in [3.05, 3.63) is 21.1 Å². The van der Waals surface area contributed by atoms with Crippen molar-refractivity contribution >= 4 is 27.5 Å². The number of benzene rings is 1. The van der Waals surface area contributed by atoms with E-state index in [9.17, 15) is 0 Å². The molecule has 0 bridgehead atoms. The van der Waals surface area contributed by atoms with Gasteiger partial charge in [0.2, 0.25) is 0 Å². The molecule has 4 heteroatoms. The van der Waals surface area contributed by atoms with E-state index in [2.05, 4.69) is 22.9 Å². The quantitative estimate of drug-likeness (QED) is 0.783. The van der Waals surface area contributed by atoms with Crippen LogP contribution in [0.25, 0.3) is 0 Å². The highest BCUT2D eigenvalue weighted by atomic mass is 79.9. The first-order valence-corrected chi connectivity index (χ1v) is 5.67. The summed E-state index contributed by atoms with van der Waals surface area (Å²) in [4.78, 5) is 0. The highest BCUT2D eigenvalue weighted by Gasteiger charge is 2.19. The average Bonchev–Trinajstić information content (AvgIpc) is 2.18. The third-order valence-electron chi connectivity index (χ3n) is 2.18. The Labute approximate surface area is 96.3 Å². The molecule has 0 unspecified atom stereocenters. The molecule has 0 aromatic heterocycles. The summed E-state index contributed by atoms with van der Waals surface area (Å²) >= 11 is 9.66. The van der Waals surface area contributed by atoms with Gasteiger partial charge in [0.1, 0.15) is 13.2 Å². The predicted octanol–water partition coefficient (Wildman–Crippen LogP) is 3.44. The Balaban J connectivity index is 2.57. The second-order valence-electron chi connectivity index (χ2n) is 3.03. The molecule has 0 saturated heterocycles. The fraction of sp³-hybridized carbons (Fsp3) is 0.400. The van der Waals surface area contributed by atoms with Crippen molar-refractivity contribution in [2.45, 2.75) is 13.3 Å². The topological polar surface area (TPSA) is 18.5 Å². The minimum Gasteiger partial charge on any atom is -0.486 e. The lowest BCUT2D eigenvalue weighted by molar-refractivity contribution is 0.171. The first kappa shape index (κ1) is 10.1. The molecule has 1 aromatic carbocycles. The molecule has 2 rings (SSSR count). The van der Waals surface area contributed by atoms with Crippen LogP contribution >= 0.6 is 27.5 Å². The number of hydrogen-bond acceptors (Lipinski definition) is 2. The van der Waals surface area contributed by atoms with Crippen LogP contribution in [0.1, 0.15) is 12.5 Å². The highest BCUT2D eigenvalue weighted by Crippen LogP contribution is 2.43. The Morgan fingerprint density at radius 1 is 1.43 bits per heavy atom. The summed E-state index contributed by atoms with van der Waals surface area (Å²) in [6, 6.07) is 1.92.